The summed E-state index contributed by atoms with van der Waals surface area (Å²) < 4.78 is 5.35. The fraction of sp³-hybridized carbons (Fsp3) is 0.692. The molecule has 1 amide bonds. The molecule has 0 aromatic carbocycles. The van der Waals surface area contributed by atoms with E-state index in [0.717, 1.165) is 51.1 Å². The van der Waals surface area contributed by atoms with Gasteiger partial charge in [-0.3, -0.25) is 9.89 Å². The maximum absolute atomic E-state index is 12.0. The van der Waals surface area contributed by atoms with E-state index < -0.39 is 0 Å². The van der Waals surface area contributed by atoms with Crippen molar-refractivity contribution in [3.8, 4) is 0 Å². The minimum atomic E-state index is -0.0665. The highest BCUT2D eigenvalue weighted by Crippen LogP contribution is 2.26. The van der Waals surface area contributed by atoms with E-state index in [0.29, 0.717) is 11.7 Å². The zero-order chi connectivity index (χ0) is 13.1. The van der Waals surface area contributed by atoms with Crippen molar-refractivity contribution in [3.63, 3.8) is 0 Å². The van der Waals surface area contributed by atoms with Crippen molar-refractivity contribution in [2.75, 3.05) is 25.1 Å². The van der Waals surface area contributed by atoms with E-state index in [4.69, 9.17) is 4.74 Å². The summed E-state index contributed by atoms with van der Waals surface area (Å²) in [5.41, 5.74) is 1.10. The molecule has 2 fully saturated rings. The number of hydrogen-bond donors (Lipinski definition) is 3. The number of rotatable bonds is 3. The number of halogens is 1. The first-order chi connectivity index (χ1) is 9.33. The van der Waals surface area contributed by atoms with E-state index in [1.165, 1.54) is 0 Å². The Labute approximate surface area is 124 Å². The smallest absolute Gasteiger partial charge is 0.242 e. The normalized spacial score (nSPS) is 23.3. The Morgan fingerprint density at radius 1 is 1.35 bits per heavy atom. The third-order valence-corrected chi connectivity index (χ3v) is 3.89. The summed E-state index contributed by atoms with van der Waals surface area (Å²) >= 11 is 0. The molecular formula is C13H21ClN4O2. The number of aromatic nitrogens is 2. The molecular weight excluding hydrogens is 280 g/mol. The van der Waals surface area contributed by atoms with Gasteiger partial charge >= 0.3 is 0 Å². The van der Waals surface area contributed by atoms with Gasteiger partial charge in [0.25, 0.3) is 0 Å². The maximum atomic E-state index is 12.0. The van der Waals surface area contributed by atoms with Gasteiger partial charge in [0.1, 0.15) is 0 Å². The Morgan fingerprint density at radius 2 is 2.15 bits per heavy atom. The summed E-state index contributed by atoms with van der Waals surface area (Å²) in [7, 11) is 0. The van der Waals surface area contributed by atoms with Gasteiger partial charge in [0.2, 0.25) is 5.91 Å². The predicted octanol–water partition coefficient (Wildman–Crippen LogP) is 1.42. The number of carbonyl (C=O) groups excluding carboxylic acids is 1. The zero-order valence-electron chi connectivity index (χ0n) is 11.4. The number of nitrogens with zero attached hydrogens (tertiary/aromatic N) is 1. The fourth-order valence-corrected chi connectivity index (χ4v) is 2.74. The van der Waals surface area contributed by atoms with Crippen molar-refractivity contribution < 1.29 is 9.53 Å². The van der Waals surface area contributed by atoms with E-state index in [1.54, 1.807) is 0 Å². The minimum absolute atomic E-state index is 0. The highest BCUT2D eigenvalue weighted by Gasteiger charge is 2.23. The van der Waals surface area contributed by atoms with Gasteiger partial charge in [-0.25, -0.2) is 0 Å². The van der Waals surface area contributed by atoms with Crippen molar-refractivity contribution in [2.24, 2.45) is 0 Å². The highest BCUT2D eigenvalue weighted by molar-refractivity contribution is 5.94. The van der Waals surface area contributed by atoms with Gasteiger partial charge < -0.3 is 15.4 Å². The summed E-state index contributed by atoms with van der Waals surface area (Å²) in [6.45, 7) is 2.53. The number of amides is 1. The quantitative estimate of drug-likeness (QED) is 0.789. The summed E-state index contributed by atoms with van der Waals surface area (Å²) in [5, 5.41) is 13.3. The molecule has 0 aliphatic carbocycles. The van der Waals surface area contributed by atoms with Gasteiger partial charge in [-0.05, 0) is 32.2 Å². The second kappa shape index (κ2) is 7.06. The summed E-state index contributed by atoms with van der Waals surface area (Å²) in [5.74, 6) is 1.11. The Balaban J connectivity index is 0.00000147. The molecule has 3 heterocycles. The molecule has 6 nitrogen and oxygen atoms in total. The van der Waals surface area contributed by atoms with Gasteiger partial charge in [-0.15, -0.1) is 12.4 Å². The number of anilines is 1. The Kier molecular flexibility index (Phi) is 5.39. The zero-order valence-corrected chi connectivity index (χ0v) is 12.2. The van der Waals surface area contributed by atoms with Crippen LogP contribution >= 0.6 is 12.4 Å². The van der Waals surface area contributed by atoms with Crippen LogP contribution in [0.3, 0.4) is 0 Å². The van der Waals surface area contributed by atoms with Crippen LogP contribution in [0, 0.1) is 0 Å². The average molecular weight is 301 g/mol. The molecule has 1 aromatic rings. The van der Waals surface area contributed by atoms with Gasteiger partial charge in [0.05, 0.1) is 6.04 Å². The molecule has 3 N–H and O–H groups in total. The van der Waals surface area contributed by atoms with Gasteiger partial charge in [-0.2, -0.15) is 5.10 Å². The van der Waals surface area contributed by atoms with Crippen molar-refractivity contribution >= 4 is 24.1 Å². The first-order valence-corrected chi connectivity index (χ1v) is 7.00. The molecule has 2 saturated heterocycles. The molecule has 0 spiro atoms. The van der Waals surface area contributed by atoms with E-state index in [1.807, 2.05) is 6.07 Å². The topological polar surface area (TPSA) is 79.0 Å². The van der Waals surface area contributed by atoms with E-state index in [2.05, 4.69) is 20.8 Å². The molecule has 0 saturated carbocycles. The standard InChI is InChI=1S/C13H20N4O2.ClH/c18-13(10-2-1-5-14-10)15-12-8-11(16-17-12)9-3-6-19-7-4-9;/h8-10,14H,1-7H2,(H2,15,16,17,18);1H. The fourth-order valence-electron chi connectivity index (χ4n) is 2.74. The molecule has 7 heteroatoms. The largest absolute Gasteiger partial charge is 0.381 e. The lowest BCUT2D eigenvalue weighted by atomic mass is 9.97. The van der Waals surface area contributed by atoms with Gasteiger partial charge in [0.15, 0.2) is 5.82 Å². The third-order valence-electron chi connectivity index (χ3n) is 3.89. The minimum Gasteiger partial charge on any atom is -0.381 e. The molecule has 2 aliphatic rings. The van der Waals surface area contributed by atoms with Gasteiger partial charge in [-0.1, -0.05) is 0 Å². The molecule has 0 bridgehead atoms. The number of hydrogen-bond acceptors (Lipinski definition) is 4. The predicted molar refractivity (Wildman–Crippen MR) is 78.3 cm³/mol. The van der Waals surface area contributed by atoms with Crippen LogP contribution in [0.2, 0.25) is 0 Å². The Bertz CT molecular complexity index is 439. The molecule has 1 atom stereocenters. The summed E-state index contributed by atoms with van der Waals surface area (Å²) in [6, 6.07) is 1.88. The molecule has 2 aliphatic heterocycles. The van der Waals surface area contributed by atoms with Crippen LogP contribution < -0.4 is 10.6 Å². The number of aromatic amines is 1. The summed E-state index contributed by atoms with van der Waals surface area (Å²) in [6.07, 6.45) is 3.99. The van der Waals surface area contributed by atoms with Crippen LogP contribution in [-0.4, -0.2) is 41.9 Å². The van der Waals surface area contributed by atoms with Crippen molar-refractivity contribution in [3.05, 3.63) is 11.8 Å². The molecule has 112 valence electrons. The van der Waals surface area contributed by atoms with Crippen LogP contribution in [0.5, 0.6) is 0 Å². The van der Waals surface area contributed by atoms with Crippen molar-refractivity contribution in [1.82, 2.24) is 15.5 Å². The first kappa shape index (κ1) is 15.3. The lowest BCUT2D eigenvalue weighted by Crippen LogP contribution is -2.35. The van der Waals surface area contributed by atoms with E-state index in [9.17, 15) is 4.79 Å². The monoisotopic (exact) mass is 300 g/mol. The Morgan fingerprint density at radius 3 is 2.85 bits per heavy atom. The number of carbonyl (C=O) groups is 1. The number of nitrogens with one attached hydrogen (secondary N) is 3. The maximum Gasteiger partial charge on any atom is 0.242 e. The first-order valence-electron chi connectivity index (χ1n) is 7.00. The van der Waals surface area contributed by atoms with Crippen LogP contribution in [-0.2, 0) is 9.53 Å². The number of ether oxygens (including phenoxy) is 1. The lowest BCUT2D eigenvalue weighted by Gasteiger charge is -2.20. The summed E-state index contributed by atoms with van der Waals surface area (Å²) in [4.78, 5) is 12.0. The van der Waals surface area contributed by atoms with Crippen molar-refractivity contribution in [2.45, 2.75) is 37.6 Å². The molecule has 1 unspecified atom stereocenters. The third kappa shape index (κ3) is 3.50. The lowest BCUT2D eigenvalue weighted by molar-refractivity contribution is -0.117. The molecule has 0 radical (unpaired) electrons. The van der Waals surface area contributed by atoms with Gasteiger partial charge in [0, 0.05) is 30.9 Å². The van der Waals surface area contributed by atoms with E-state index in [-0.39, 0.29) is 24.4 Å². The average Bonchev–Trinajstić information content (AvgIpc) is 3.11. The molecule has 20 heavy (non-hydrogen) atoms. The molecule has 1 aromatic heterocycles. The van der Waals surface area contributed by atoms with Crippen LogP contribution in [0.1, 0.15) is 37.3 Å². The number of H-pyrrole nitrogens is 1. The van der Waals surface area contributed by atoms with Crippen LogP contribution in [0.25, 0.3) is 0 Å². The van der Waals surface area contributed by atoms with Crippen LogP contribution in [0.15, 0.2) is 6.07 Å². The van der Waals surface area contributed by atoms with Crippen molar-refractivity contribution in [1.29, 1.82) is 0 Å². The second-order valence-corrected chi connectivity index (χ2v) is 5.23. The highest BCUT2D eigenvalue weighted by atomic mass is 35.5. The Hall–Kier alpha value is -1.11. The van der Waals surface area contributed by atoms with Crippen LogP contribution in [0.4, 0.5) is 5.82 Å². The molecule has 3 rings (SSSR count). The van der Waals surface area contributed by atoms with E-state index >= 15 is 0 Å². The SMILES string of the molecule is Cl.O=C(Nc1cc(C2CCOCC2)[nH]n1)C1CCCN1. The second-order valence-electron chi connectivity index (χ2n) is 5.23.